The summed E-state index contributed by atoms with van der Waals surface area (Å²) in [5.41, 5.74) is 4.90. The number of morpholine rings is 1. The van der Waals surface area contributed by atoms with Crippen LogP contribution in [0.5, 0.6) is 0 Å². The summed E-state index contributed by atoms with van der Waals surface area (Å²) in [6.07, 6.45) is 0.617. The Kier molecular flexibility index (Phi) is 5.98. The van der Waals surface area contributed by atoms with Gasteiger partial charge in [-0.25, -0.2) is 0 Å². The predicted molar refractivity (Wildman–Crippen MR) is 75.5 cm³/mol. The highest BCUT2D eigenvalue weighted by molar-refractivity contribution is 7.80. The highest BCUT2D eigenvalue weighted by Gasteiger charge is 2.34. The maximum Gasteiger partial charge on any atom is 0.232 e. The van der Waals surface area contributed by atoms with Crippen LogP contribution in [-0.4, -0.2) is 55.2 Å². The van der Waals surface area contributed by atoms with Crippen molar-refractivity contribution in [2.45, 2.75) is 20.3 Å². The van der Waals surface area contributed by atoms with Crippen LogP contribution in [0.1, 0.15) is 20.3 Å². The van der Waals surface area contributed by atoms with Crippen LogP contribution in [0.15, 0.2) is 0 Å². The van der Waals surface area contributed by atoms with Crippen molar-refractivity contribution in [3.8, 4) is 0 Å². The molecule has 1 aliphatic heterocycles. The van der Waals surface area contributed by atoms with Gasteiger partial charge in [-0.2, -0.15) is 0 Å². The summed E-state index contributed by atoms with van der Waals surface area (Å²) in [6, 6.07) is 0. The molecule has 0 aliphatic carbocycles. The van der Waals surface area contributed by atoms with Crippen molar-refractivity contribution >= 4 is 23.1 Å². The standard InChI is InChI=1S/C12H23N3O2S/c1-3-12(2,10(13)18)11(16)14-4-5-15-6-8-17-9-7-15/h3-9H2,1-2H3,(H2,13,18)(H,14,16). The van der Waals surface area contributed by atoms with Gasteiger partial charge in [0.15, 0.2) is 0 Å². The minimum Gasteiger partial charge on any atom is -0.392 e. The maximum atomic E-state index is 12.1. The summed E-state index contributed by atoms with van der Waals surface area (Å²) in [6.45, 7) is 8.57. The van der Waals surface area contributed by atoms with E-state index in [4.69, 9.17) is 22.7 Å². The Morgan fingerprint density at radius 3 is 2.61 bits per heavy atom. The fourth-order valence-corrected chi connectivity index (χ4v) is 2.03. The summed E-state index contributed by atoms with van der Waals surface area (Å²) in [7, 11) is 0. The summed E-state index contributed by atoms with van der Waals surface area (Å²) in [4.78, 5) is 14.6. The minimum absolute atomic E-state index is 0.0780. The number of nitrogens with two attached hydrogens (primary N) is 1. The molecule has 1 fully saturated rings. The van der Waals surface area contributed by atoms with Crippen LogP contribution in [0, 0.1) is 5.41 Å². The Bertz CT molecular complexity index is 306. The minimum atomic E-state index is -0.736. The van der Waals surface area contributed by atoms with Crippen LogP contribution < -0.4 is 11.1 Å². The summed E-state index contributed by atoms with van der Waals surface area (Å²) in [5, 5.41) is 2.91. The van der Waals surface area contributed by atoms with Gasteiger partial charge in [-0.1, -0.05) is 19.1 Å². The molecule has 0 spiro atoms. The molecule has 0 radical (unpaired) electrons. The number of carbonyl (C=O) groups excluding carboxylic acids is 1. The molecule has 0 aromatic rings. The van der Waals surface area contributed by atoms with E-state index in [1.165, 1.54) is 0 Å². The van der Waals surface area contributed by atoms with E-state index >= 15 is 0 Å². The number of nitrogens with one attached hydrogen (secondary N) is 1. The van der Waals surface area contributed by atoms with E-state index in [-0.39, 0.29) is 10.9 Å². The van der Waals surface area contributed by atoms with Gasteiger partial charge in [0.1, 0.15) is 0 Å². The highest BCUT2D eigenvalue weighted by atomic mass is 32.1. The number of ether oxygens (including phenoxy) is 1. The van der Waals surface area contributed by atoms with Crippen LogP contribution in [0.25, 0.3) is 0 Å². The molecule has 1 amide bonds. The molecule has 1 atom stereocenters. The SMILES string of the molecule is CCC(C)(C(=O)NCCN1CCOCC1)C(N)=S. The second kappa shape index (κ2) is 7.01. The van der Waals surface area contributed by atoms with Crippen LogP contribution >= 0.6 is 12.2 Å². The molecule has 3 N–H and O–H groups in total. The van der Waals surface area contributed by atoms with Gasteiger partial charge in [-0.05, 0) is 13.3 Å². The first-order valence-electron chi connectivity index (χ1n) is 6.39. The number of carbonyl (C=O) groups is 1. The second-order valence-electron chi connectivity index (χ2n) is 4.76. The van der Waals surface area contributed by atoms with Gasteiger partial charge in [-0.3, -0.25) is 9.69 Å². The Hall–Kier alpha value is -0.720. The molecule has 5 nitrogen and oxygen atoms in total. The monoisotopic (exact) mass is 273 g/mol. The number of thiocarbonyl (C=S) groups is 1. The summed E-state index contributed by atoms with van der Waals surface area (Å²) >= 11 is 4.97. The number of hydrogen-bond acceptors (Lipinski definition) is 4. The van der Waals surface area contributed by atoms with Crippen molar-refractivity contribution in [2.75, 3.05) is 39.4 Å². The van der Waals surface area contributed by atoms with Crippen molar-refractivity contribution < 1.29 is 9.53 Å². The van der Waals surface area contributed by atoms with Gasteiger partial charge in [-0.15, -0.1) is 0 Å². The summed E-state index contributed by atoms with van der Waals surface area (Å²) in [5.74, 6) is -0.0780. The molecule has 104 valence electrons. The van der Waals surface area contributed by atoms with Crippen LogP contribution in [0.3, 0.4) is 0 Å². The molecular weight excluding hydrogens is 250 g/mol. The third kappa shape index (κ3) is 3.90. The lowest BCUT2D eigenvalue weighted by molar-refractivity contribution is -0.127. The average molecular weight is 273 g/mol. The molecule has 0 aromatic heterocycles. The molecule has 1 heterocycles. The van der Waals surface area contributed by atoms with Crippen LogP contribution in [0.4, 0.5) is 0 Å². The van der Waals surface area contributed by atoms with Crippen molar-refractivity contribution in [3.63, 3.8) is 0 Å². The Labute approximate surface area is 114 Å². The molecular formula is C12H23N3O2S. The Morgan fingerprint density at radius 2 is 2.11 bits per heavy atom. The first-order chi connectivity index (χ1) is 8.50. The lowest BCUT2D eigenvalue weighted by Gasteiger charge is -2.28. The van der Waals surface area contributed by atoms with E-state index in [9.17, 15) is 4.79 Å². The lowest BCUT2D eigenvalue weighted by atomic mass is 9.86. The Morgan fingerprint density at radius 1 is 1.50 bits per heavy atom. The fraction of sp³-hybridized carbons (Fsp3) is 0.833. The third-order valence-corrected chi connectivity index (χ3v) is 4.02. The normalized spacial score (nSPS) is 20.1. The van der Waals surface area contributed by atoms with Gasteiger partial charge in [0.05, 0.1) is 23.6 Å². The van der Waals surface area contributed by atoms with Crippen molar-refractivity contribution in [1.82, 2.24) is 10.2 Å². The first kappa shape index (κ1) is 15.3. The second-order valence-corrected chi connectivity index (χ2v) is 5.20. The molecule has 18 heavy (non-hydrogen) atoms. The van der Waals surface area contributed by atoms with Gasteiger partial charge in [0, 0.05) is 26.2 Å². The topological polar surface area (TPSA) is 67.6 Å². The molecule has 0 aromatic carbocycles. The van der Waals surface area contributed by atoms with E-state index in [1.807, 2.05) is 6.92 Å². The fourth-order valence-electron chi connectivity index (χ4n) is 1.79. The van der Waals surface area contributed by atoms with E-state index in [1.54, 1.807) is 6.92 Å². The molecule has 6 heteroatoms. The Balaban J connectivity index is 2.33. The van der Waals surface area contributed by atoms with Gasteiger partial charge >= 0.3 is 0 Å². The largest absolute Gasteiger partial charge is 0.392 e. The molecule has 1 rings (SSSR count). The van der Waals surface area contributed by atoms with Crippen molar-refractivity contribution in [1.29, 1.82) is 0 Å². The van der Waals surface area contributed by atoms with Gasteiger partial charge < -0.3 is 15.8 Å². The van der Waals surface area contributed by atoms with E-state index in [2.05, 4.69) is 10.2 Å². The molecule has 0 saturated carbocycles. The quantitative estimate of drug-likeness (QED) is 0.674. The number of hydrogen-bond donors (Lipinski definition) is 2. The highest BCUT2D eigenvalue weighted by Crippen LogP contribution is 2.21. The van der Waals surface area contributed by atoms with Gasteiger partial charge in [0.2, 0.25) is 5.91 Å². The molecule has 1 aliphatic rings. The molecule has 0 bridgehead atoms. The number of rotatable bonds is 6. The first-order valence-corrected chi connectivity index (χ1v) is 6.80. The zero-order valence-corrected chi connectivity index (χ0v) is 12.0. The maximum absolute atomic E-state index is 12.1. The van der Waals surface area contributed by atoms with Crippen molar-refractivity contribution in [3.05, 3.63) is 0 Å². The third-order valence-electron chi connectivity index (χ3n) is 3.57. The van der Waals surface area contributed by atoms with Crippen molar-refractivity contribution in [2.24, 2.45) is 11.1 Å². The number of amides is 1. The number of nitrogens with zero attached hydrogens (tertiary/aromatic N) is 1. The zero-order chi connectivity index (χ0) is 13.6. The van der Waals surface area contributed by atoms with Crippen LogP contribution in [-0.2, 0) is 9.53 Å². The van der Waals surface area contributed by atoms with Crippen LogP contribution in [0.2, 0.25) is 0 Å². The van der Waals surface area contributed by atoms with Gasteiger partial charge in [0.25, 0.3) is 0 Å². The van der Waals surface area contributed by atoms with E-state index in [0.29, 0.717) is 13.0 Å². The molecule has 1 saturated heterocycles. The van der Waals surface area contributed by atoms with E-state index in [0.717, 1.165) is 32.8 Å². The lowest BCUT2D eigenvalue weighted by Crippen LogP contribution is -2.49. The average Bonchev–Trinajstić information content (AvgIpc) is 2.38. The zero-order valence-electron chi connectivity index (χ0n) is 11.2. The summed E-state index contributed by atoms with van der Waals surface area (Å²) < 4.78 is 5.27. The van der Waals surface area contributed by atoms with E-state index < -0.39 is 5.41 Å². The molecule has 1 unspecified atom stereocenters. The smallest absolute Gasteiger partial charge is 0.232 e. The predicted octanol–water partition coefficient (Wildman–Crippen LogP) is 0.137.